The summed E-state index contributed by atoms with van der Waals surface area (Å²) in [6.07, 6.45) is 0.607. The zero-order valence-electron chi connectivity index (χ0n) is 8.24. The quantitative estimate of drug-likeness (QED) is 0.576. The Morgan fingerprint density at radius 2 is 1.93 bits per heavy atom. The number of carbonyl (C=O) groups excluding carboxylic acids is 2. The summed E-state index contributed by atoms with van der Waals surface area (Å²) >= 11 is 0. The zero-order valence-corrected chi connectivity index (χ0v) is 8.24. The van der Waals surface area contributed by atoms with Crippen molar-refractivity contribution in [2.24, 2.45) is 0 Å². The van der Waals surface area contributed by atoms with Crippen LogP contribution in [-0.4, -0.2) is 47.9 Å². The Morgan fingerprint density at radius 3 is 2.29 bits per heavy atom. The molecule has 0 aromatic carbocycles. The molecule has 0 unspecified atom stereocenters. The molecule has 0 radical (unpaired) electrons. The maximum absolute atomic E-state index is 11.0. The molecule has 14 heavy (non-hydrogen) atoms. The molecule has 0 heterocycles. The summed E-state index contributed by atoms with van der Waals surface area (Å²) in [5.41, 5.74) is 0. The van der Waals surface area contributed by atoms with Crippen LogP contribution < -0.4 is 5.32 Å². The van der Waals surface area contributed by atoms with Gasteiger partial charge in [0.15, 0.2) is 0 Å². The molecule has 0 aliphatic rings. The van der Waals surface area contributed by atoms with Crippen LogP contribution in [0.25, 0.3) is 0 Å². The van der Waals surface area contributed by atoms with Gasteiger partial charge in [-0.1, -0.05) is 6.92 Å². The number of nitrogens with zero attached hydrogens (tertiary/aromatic N) is 1. The minimum absolute atomic E-state index is 0.213. The second-order valence-corrected chi connectivity index (χ2v) is 2.71. The SMILES string of the molecule is CCCN(CC(=O)NC)C(=O)C(=O)O. The Morgan fingerprint density at radius 1 is 1.36 bits per heavy atom. The van der Waals surface area contributed by atoms with Crippen LogP contribution in [0.3, 0.4) is 0 Å². The third kappa shape index (κ3) is 3.88. The Bertz CT molecular complexity index is 239. The van der Waals surface area contributed by atoms with Gasteiger partial charge in [-0.05, 0) is 6.42 Å². The number of carboxylic acid groups (broad SMARTS) is 1. The number of carboxylic acids is 1. The number of carbonyl (C=O) groups is 3. The second kappa shape index (κ2) is 5.95. The van der Waals surface area contributed by atoms with Crippen LogP contribution in [-0.2, 0) is 14.4 Å². The summed E-state index contributed by atoms with van der Waals surface area (Å²) < 4.78 is 0. The van der Waals surface area contributed by atoms with Crippen molar-refractivity contribution in [3.63, 3.8) is 0 Å². The average Bonchev–Trinajstić information content (AvgIpc) is 2.15. The standard InChI is InChI=1S/C8H14N2O4/c1-3-4-10(5-6(11)9-2)7(12)8(13)14/h3-5H2,1-2H3,(H,9,11)(H,13,14). The van der Waals surface area contributed by atoms with Gasteiger partial charge < -0.3 is 15.3 Å². The lowest BCUT2D eigenvalue weighted by Gasteiger charge is -2.18. The third-order valence-corrected chi connectivity index (χ3v) is 1.58. The van der Waals surface area contributed by atoms with E-state index in [-0.39, 0.29) is 19.0 Å². The van der Waals surface area contributed by atoms with E-state index in [4.69, 9.17) is 5.11 Å². The lowest BCUT2D eigenvalue weighted by molar-refractivity contribution is -0.156. The molecular formula is C8H14N2O4. The number of hydrogen-bond donors (Lipinski definition) is 2. The summed E-state index contributed by atoms with van der Waals surface area (Å²) in [5, 5.41) is 10.8. The predicted octanol–water partition coefficient (Wildman–Crippen LogP) is -0.944. The number of amides is 2. The molecule has 80 valence electrons. The highest BCUT2D eigenvalue weighted by Gasteiger charge is 2.21. The number of hydrogen-bond acceptors (Lipinski definition) is 3. The van der Waals surface area contributed by atoms with Crippen molar-refractivity contribution in [3.05, 3.63) is 0 Å². The van der Waals surface area contributed by atoms with Crippen LogP contribution in [0.15, 0.2) is 0 Å². The zero-order chi connectivity index (χ0) is 11.1. The molecule has 0 aromatic heterocycles. The molecule has 0 aliphatic heterocycles. The summed E-state index contributed by atoms with van der Waals surface area (Å²) in [6.45, 7) is 1.85. The maximum atomic E-state index is 11.0. The molecule has 6 nitrogen and oxygen atoms in total. The fourth-order valence-corrected chi connectivity index (χ4v) is 0.910. The van der Waals surface area contributed by atoms with Crippen molar-refractivity contribution in [2.75, 3.05) is 20.1 Å². The van der Waals surface area contributed by atoms with Gasteiger partial charge in [0.25, 0.3) is 0 Å². The van der Waals surface area contributed by atoms with E-state index in [1.807, 2.05) is 0 Å². The highest BCUT2D eigenvalue weighted by molar-refractivity contribution is 6.31. The van der Waals surface area contributed by atoms with Crippen molar-refractivity contribution in [3.8, 4) is 0 Å². The number of aliphatic carboxylic acids is 1. The van der Waals surface area contributed by atoms with Gasteiger partial charge in [-0.15, -0.1) is 0 Å². The maximum Gasteiger partial charge on any atom is 0.394 e. The van der Waals surface area contributed by atoms with Gasteiger partial charge >= 0.3 is 11.9 Å². The Balaban J connectivity index is 4.35. The minimum atomic E-state index is -1.54. The largest absolute Gasteiger partial charge is 0.474 e. The van der Waals surface area contributed by atoms with E-state index in [0.717, 1.165) is 4.90 Å². The first-order valence-corrected chi connectivity index (χ1v) is 4.25. The molecule has 0 fully saturated rings. The second-order valence-electron chi connectivity index (χ2n) is 2.71. The van der Waals surface area contributed by atoms with Crippen LogP contribution in [0.1, 0.15) is 13.3 Å². The van der Waals surface area contributed by atoms with Crippen molar-refractivity contribution < 1.29 is 19.5 Å². The molecule has 0 aromatic rings. The van der Waals surface area contributed by atoms with E-state index < -0.39 is 11.9 Å². The van der Waals surface area contributed by atoms with Crippen LogP contribution in [0.5, 0.6) is 0 Å². The molecule has 6 heteroatoms. The highest BCUT2D eigenvalue weighted by atomic mass is 16.4. The molecule has 2 N–H and O–H groups in total. The Hall–Kier alpha value is -1.59. The van der Waals surface area contributed by atoms with Gasteiger partial charge in [0, 0.05) is 13.6 Å². The van der Waals surface area contributed by atoms with E-state index in [2.05, 4.69) is 5.32 Å². The fraction of sp³-hybridized carbons (Fsp3) is 0.625. The molecule has 0 saturated heterocycles. The lowest BCUT2D eigenvalue weighted by Crippen LogP contribution is -2.43. The van der Waals surface area contributed by atoms with E-state index in [1.165, 1.54) is 7.05 Å². The van der Waals surface area contributed by atoms with Crippen molar-refractivity contribution in [1.82, 2.24) is 10.2 Å². The van der Waals surface area contributed by atoms with Gasteiger partial charge in [-0.25, -0.2) is 4.79 Å². The number of likely N-dealkylation sites (N-methyl/N-ethyl adjacent to an activating group) is 1. The van der Waals surface area contributed by atoms with Gasteiger partial charge in [-0.2, -0.15) is 0 Å². The van der Waals surface area contributed by atoms with Crippen LogP contribution >= 0.6 is 0 Å². The normalized spacial score (nSPS) is 9.29. The van der Waals surface area contributed by atoms with E-state index in [1.54, 1.807) is 6.92 Å². The number of nitrogens with one attached hydrogen (secondary N) is 1. The van der Waals surface area contributed by atoms with Gasteiger partial charge in [0.1, 0.15) is 6.54 Å². The van der Waals surface area contributed by atoms with Gasteiger partial charge in [0.05, 0.1) is 0 Å². The summed E-state index contributed by atoms with van der Waals surface area (Å²) in [7, 11) is 1.43. The van der Waals surface area contributed by atoms with E-state index in [0.29, 0.717) is 6.42 Å². The first-order chi connectivity index (χ1) is 6.52. The van der Waals surface area contributed by atoms with Crippen molar-refractivity contribution in [1.29, 1.82) is 0 Å². The first kappa shape index (κ1) is 12.4. The van der Waals surface area contributed by atoms with Crippen molar-refractivity contribution >= 4 is 17.8 Å². The highest BCUT2D eigenvalue weighted by Crippen LogP contribution is 1.93. The Kier molecular flexibility index (Phi) is 5.28. The molecule has 0 rings (SSSR count). The summed E-state index contributed by atoms with van der Waals surface area (Å²) in [4.78, 5) is 33.3. The number of rotatable bonds is 4. The molecule has 0 atom stereocenters. The van der Waals surface area contributed by atoms with Crippen LogP contribution in [0.2, 0.25) is 0 Å². The minimum Gasteiger partial charge on any atom is -0.474 e. The fourth-order valence-electron chi connectivity index (χ4n) is 0.910. The molecule has 0 bridgehead atoms. The average molecular weight is 202 g/mol. The molecule has 0 spiro atoms. The van der Waals surface area contributed by atoms with Crippen LogP contribution in [0, 0.1) is 0 Å². The predicted molar refractivity (Wildman–Crippen MR) is 48.6 cm³/mol. The van der Waals surface area contributed by atoms with E-state index >= 15 is 0 Å². The summed E-state index contributed by atoms with van der Waals surface area (Å²) in [6, 6.07) is 0. The van der Waals surface area contributed by atoms with Crippen LogP contribution in [0.4, 0.5) is 0 Å². The van der Waals surface area contributed by atoms with Gasteiger partial charge in [-0.3, -0.25) is 9.59 Å². The first-order valence-electron chi connectivity index (χ1n) is 4.25. The monoisotopic (exact) mass is 202 g/mol. The van der Waals surface area contributed by atoms with Crippen molar-refractivity contribution in [2.45, 2.75) is 13.3 Å². The van der Waals surface area contributed by atoms with Gasteiger partial charge in [0.2, 0.25) is 5.91 Å². The third-order valence-electron chi connectivity index (χ3n) is 1.58. The molecule has 0 saturated carbocycles. The molecular weight excluding hydrogens is 188 g/mol. The lowest BCUT2D eigenvalue weighted by atomic mass is 10.3. The molecule has 0 aliphatic carbocycles. The topological polar surface area (TPSA) is 86.7 Å². The Labute approximate surface area is 81.9 Å². The molecule has 2 amide bonds. The van der Waals surface area contributed by atoms with E-state index in [9.17, 15) is 14.4 Å². The smallest absolute Gasteiger partial charge is 0.394 e. The summed E-state index contributed by atoms with van der Waals surface area (Å²) in [5.74, 6) is -2.97.